The Bertz CT molecular complexity index is 582. The Kier molecular flexibility index (Phi) is 4.22. The van der Waals surface area contributed by atoms with Crippen molar-refractivity contribution in [2.24, 2.45) is 0 Å². The zero-order chi connectivity index (χ0) is 14.6. The molecule has 0 aliphatic rings. The van der Waals surface area contributed by atoms with Crippen LogP contribution in [0.2, 0.25) is 0 Å². The minimum atomic E-state index is -4.41. The maximum absolute atomic E-state index is 13.0. The van der Waals surface area contributed by atoms with Crippen LogP contribution in [0, 0.1) is 0 Å². The van der Waals surface area contributed by atoms with Crippen LogP contribution in [0.5, 0.6) is 0 Å². The molecule has 0 aliphatic heterocycles. The van der Waals surface area contributed by atoms with E-state index in [2.05, 4.69) is 15.3 Å². The van der Waals surface area contributed by atoms with Gasteiger partial charge in [-0.05, 0) is 12.5 Å². The van der Waals surface area contributed by atoms with Crippen molar-refractivity contribution in [3.8, 4) is 11.3 Å². The van der Waals surface area contributed by atoms with E-state index < -0.39 is 11.7 Å². The summed E-state index contributed by atoms with van der Waals surface area (Å²) in [6.45, 7) is 2.68. The van der Waals surface area contributed by atoms with Gasteiger partial charge in [-0.3, -0.25) is 4.98 Å². The first-order valence-corrected chi connectivity index (χ1v) is 6.25. The van der Waals surface area contributed by atoms with Gasteiger partial charge in [-0.15, -0.1) is 0 Å². The van der Waals surface area contributed by atoms with Gasteiger partial charge >= 0.3 is 6.18 Å². The zero-order valence-corrected chi connectivity index (χ0v) is 10.9. The topological polar surface area (TPSA) is 37.8 Å². The van der Waals surface area contributed by atoms with Crippen LogP contribution in [-0.4, -0.2) is 16.5 Å². The lowest BCUT2D eigenvalue weighted by Crippen LogP contribution is -2.08. The maximum Gasteiger partial charge on any atom is 0.417 e. The summed E-state index contributed by atoms with van der Waals surface area (Å²) in [5, 5.41) is 3.01. The lowest BCUT2D eigenvalue weighted by Gasteiger charge is -2.12. The second kappa shape index (κ2) is 5.90. The number of benzene rings is 1. The van der Waals surface area contributed by atoms with Crippen LogP contribution < -0.4 is 5.32 Å². The second-order valence-electron chi connectivity index (χ2n) is 4.26. The van der Waals surface area contributed by atoms with Gasteiger partial charge in [-0.2, -0.15) is 13.2 Å². The fourth-order valence-corrected chi connectivity index (χ4v) is 1.79. The predicted octanol–water partition coefficient (Wildman–Crippen LogP) is 3.98. The Morgan fingerprint density at radius 3 is 2.60 bits per heavy atom. The fourth-order valence-electron chi connectivity index (χ4n) is 1.79. The molecule has 6 heteroatoms. The molecule has 20 heavy (non-hydrogen) atoms. The molecule has 106 valence electrons. The van der Waals surface area contributed by atoms with Gasteiger partial charge in [-0.25, -0.2) is 4.98 Å². The van der Waals surface area contributed by atoms with Gasteiger partial charge in [0, 0.05) is 12.1 Å². The minimum Gasteiger partial charge on any atom is -0.369 e. The van der Waals surface area contributed by atoms with E-state index in [1.54, 1.807) is 6.07 Å². The van der Waals surface area contributed by atoms with Crippen LogP contribution >= 0.6 is 0 Å². The molecule has 2 rings (SSSR count). The van der Waals surface area contributed by atoms with Crippen molar-refractivity contribution < 1.29 is 13.2 Å². The maximum atomic E-state index is 13.0. The number of nitrogens with zero attached hydrogens (tertiary/aromatic N) is 2. The number of hydrogen-bond acceptors (Lipinski definition) is 3. The average molecular weight is 281 g/mol. The van der Waals surface area contributed by atoms with Crippen molar-refractivity contribution in [2.75, 3.05) is 11.9 Å². The summed E-state index contributed by atoms with van der Waals surface area (Å²) in [5.41, 5.74) is -0.464. The molecule has 1 aromatic heterocycles. The third kappa shape index (κ3) is 3.26. The Hall–Kier alpha value is -2.11. The molecule has 0 amide bonds. The lowest BCUT2D eigenvalue weighted by molar-refractivity contribution is -0.137. The van der Waals surface area contributed by atoms with E-state index in [4.69, 9.17) is 0 Å². The van der Waals surface area contributed by atoms with Crippen molar-refractivity contribution in [3.63, 3.8) is 0 Å². The Morgan fingerprint density at radius 1 is 1.15 bits per heavy atom. The minimum absolute atomic E-state index is 0.0349. The SMILES string of the molecule is CCCNc1cncc(-c2ccccc2C(F)(F)F)n1. The molecule has 0 unspecified atom stereocenters. The Labute approximate surface area is 114 Å². The van der Waals surface area contributed by atoms with Crippen LogP contribution in [0.4, 0.5) is 19.0 Å². The summed E-state index contributed by atoms with van der Waals surface area (Å²) in [5.74, 6) is 0.473. The first kappa shape index (κ1) is 14.3. The Morgan fingerprint density at radius 2 is 1.90 bits per heavy atom. The van der Waals surface area contributed by atoms with Gasteiger partial charge < -0.3 is 5.32 Å². The first-order chi connectivity index (χ1) is 9.52. The van der Waals surface area contributed by atoms with Gasteiger partial charge in [0.1, 0.15) is 5.82 Å². The summed E-state index contributed by atoms with van der Waals surface area (Å²) in [6, 6.07) is 5.36. The molecule has 0 radical (unpaired) electrons. The van der Waals surface area contributed by atoms with Gasteiger partial charge in [0.2, 0.25) is 0 Å². The van der Waals surface area contributed by atoms with Gasteiger partial charge in [0.25, 0.3) is 0 Å². The molecule has 0 aliphatic carbocycles. The normalized spacial score (nSPS) is 11.4. The fraction of sp³-hybridized carbons (Fsp3) is 0.286. The standard InChI is InChI=1S/C14H14F3N3/c1-2-7-19-13-9-18-8-12(20-13)10-5-3-4-6-11(10)14(15,16)17/h3-6,8-9H,2,7H2,1H3,(H,19,20). The first-order valence-electron chi connectivity index (χ1n) is 6.25. The molecule has 0 spiro atoms. The average Bonchev–Trinajstić information content (AvgIpc) is 2.44. The third-order valence-corrected chi connectivity index (χ3v) is 2.70. The molecule has 1 heterocycles. The summed E-state index contributed by atoms with van der Waals surface area (Å²) in [4.78, 5) is 8.13. The van der Waals surface area contributed by atoms with Crippen LogP contribution in [-0.2, 0) is 6.18 Å². The van der Waals surface area contributed by atoms with Crippen LogP contribution in [0.25, 0.3) is 11.3 Å². The monoisotopic (exact) mass is 281 g/mol. The molecule has 0 saturated carbocycles. The zero-order valence-electron chi connectivity index (χ0n) is 10.9. The predicted molar refractivity (Wildman–Crippen MR) is 71.3 cm³/mol. The van der Waals surface area contributed by atoms with E-state index >= 15 is 0 Å². The summed E-state index contributed by atoms with van der Waals surface area (Å²) in [7, 11) is 0. The smallest absolute Gasteiger partial charge is 0.369 e. The van der Waals surface area contributed by atoms with Crippen molar-refractivity contribution in [2.45, 2.75) is 19.5 Å². The van der Waals surface area contributed by atoms with E-state index in [9.17, 15) is 13.2 Å². The number of alkyl halides is 3. The molecule has 1 N–H and O–H groups in total. The van der Waals surface area contributed by atoms with Gasteiger partial charge in [0.05, 0.1) is 23.7 Å². The molecule has 0 atom stereocenters. The van der Waals surface area contributed by atoms with Crippen molar-refractivity contribution in [1.29, 1.82) is 0 Å². The quantitative estimate of drug-likeness (QED) is 0.921. The summed E-state index contributed by atoms with van der Waals surface area (Å²) in [6.07, 6.45) is -0.687. The lowest BCUT2D eigenvalue weighted by atomic mass is 10.0. The molecular weight excluding hydrogens is 267 g/mol. The third-order valence-electron chi connectivity index (χ3n) is 2.70. The molecular formula is C14H14F3N3. The van der Waals surface area contributed by atoms with E-state index in [1.165, 1.54) is 24.5 Å². The van der Waals surface area contributed by atoms with Crippen LogP contribution in [0.15, 0.2) is 36.7 Å². The van der Waals surface area contributed by atoms with Crippen LogP contribution in [0.1, 0.15) is 18.9 Å². The van der Waals surface area contributed by atoms with Gasteiger partial charge in [0.15, 0.2) is 0 Å². The van der Waals surface area contributed by atoms with E-state index in [-0.39, 0.29) is 11.3 Å². The number of halogens is 3. The van der Waals surface area contributed by atoms with Gasteiger partial charge in [-0.1, -0.05) is 25.1 Å². The number of hydrogen-bond donors (Lipinski definition) is 1. The summed E-state index contributed by atoms with van der Waals surface area (Å²) >= 11 is 0. The number of rotatable bonds is 4. The second-order valence-corrected chi connectivity index (χ2v) is 4.26. The molecule has 0 fully saturated rings. The molecule has 3 nitrogen and oxygen atoms in total. The highest BCUT2D eigenvalue weighted by Gasteiger charge is 2.33. The Balaban J connectivity index is 2.42. The van der Waals surface area contributed by atoms with Crippen molar-refractivity contribution in [3.05, 3.63) is 42.2 Å². The molecule has 0 saturated heterocycles. The number of nitrogens with one attached hydrogen (secondary N) is 1. The number of anilines is 1. The van der Waals surface area contributed by atoms with E-state index in [0.717, 1.165) is 12.5 Å². The molecule has 1 aromatic carbocycles. The highest BCUT2D eigenvalue weighted by atomic mass is 19.4. The van der Waals surface area contributed by atoms with Crippen molar-refractivity contribution >= 4 is 5.82 Å². The van der Waals surface area contributed by atoms with E-state index in [0.29, 0.717) is 12.4 Å². The number of aromatic nitrogens is 2. The van der Waals surface area contributed by atoms with Crippen molar-refractivity contribution in [1.82, 2.24) is 9.97 Å². The highest BCUT2D eigenvalue weighted by molar-refractivity contribution is 5.65. The largest absolute Gasteiger partial charge is 0.417 e. The van der Waals surface area contributed by atoms with Crippen LogP contribution in [0.3, 0.4) is 0 Å². The molecule has 0 bridgehead atoms. The van der Waals surface area contributed by atoms with E-state index in [1.807, 2.05) is 6.92 Å². The summed E-state index contributed by atoms with van der Waals surface area (Å²) < 4.78 is 38.9. The highest BCUT2D eigenvalue weighted by Crippen LogP contribution is 2.36. The molecule has 2 aromatic rings.